The minimum atomic E-state index is -0.753. The number of pyridine rings is 1. The summed E-state index contributed by atoms with van der Waals surface area (Å²) in [4.78, 5) is 27.3. The molecule has 0 bridgehead atoms. The first-order valence-corrected chi connectivity index (χ1v) is 5.84. The molecule has 6 heteroatoms. The van der Waals surface area contributed by atoms with Crippen LogP contribution >= 0.6 is 0 Å². The summed E-state index contributed by atoms with van der Waals surface area (Å²) in [6, 6.07) is 4.76. The lowest BCUT2D eigenvalue weighted by Gasteiger charge is -2.12. The van der Waals surface area contributed by atoms with Crippen LogP contribution in [-0.4, -0.2) is 20.7 Å². The standard InChI is InChI=1S/C13H14N4O2/c1-8(2)17-13(19)10(12(14)18)7-11(16-17)9-3-5-15-6-4-9/h3-8H,1-2H3,(H2,14,18). The Kier molecular flexibility index (Phi) is 3.41. The van der Waals surface area contributed by atoms with Crippen molar-refractivity contribution in [1.82, 2.24) is 14.8 Å². The van der Waals surface area contributed by atoms with E-state index in [-0.39, 0.29) is 11.6 Å². The fraction of sp³-hybridized carbons (Fsp3) is 0.231. The molecule has 6 nitrogen and oxygen atoms in total. The van der Waals surface area contributed by atoms with Crippen LogP contribution in [0.25, 0.3) is 11.3 Å². The molecular formula is C13H14N4O2. The number of carbonyl (C=O) groups excluding carboxylic acids is 1. The molecule has 0 radical (unpaired) electrons. The maximum Gasteiger partial charge on any atom is 0.279 e. The minimum Gasteiger partial charge on any atom is -0.365 e. The van der Waals surface area contributed by atoms with Crippen LogP contribution in [0, 0.1) is 0 Å². The van der Waals surface area contributed by atoms with Crippen molar-refractivity contribution >= 4 is 5.91 Å². The van der Waals surface area contributed by atoms with Crippen molar-refractivity contribution in [2.45, 2.75) is 19.9 Å². The van der Waals surface area contributed by atoms with Crippen molar-refractivity contribution in [3.8, 4) is 11.3 Å². The molecule has 98 valence electrons. The lowest BCUT2D eigenvalue weighted by molar-refractivity contribution is 0.0997. The van der Waals surface area contributed by atoms with Gasteiger partial charge in [-0.1, -0.05) is 0 Å². The van der Waals surface area contributed by atoms with Gasteiger partial charge in [0.25, 0.3) is 11.5 Å². The molecule has 2 heterocycles. The van der Waals surface area contributed by atoms with Crippen molar-refractivity contribution in [2.75, 3.05) is 0 Å². The van der Waals surface area contributed by atoms with E-state index in [0.29, 0.717) is 5.69 Å². The van der Waals surface area contributed by atoms with Gasteiger partial charge < -0.3 is 5.73 Å². The summed E-state index contributed by atoms with van der Waals surface area (Å²) in [5, 5.41) is 4.25. The van der Waals surface area contributed by atoms with Crippen LogP contribution in [0.1, 0.15) is 30.2 Å². The third-order valence-electron chi connectivity index (χ3n) is 2.67. The molecule has 0 aliphatic heterocycles. The summed E-state index contributed by atoms with van der Waals surface area (Å²) in [5.74, 6) is -0.753. The van der Waals surface area contributed by atoms with Crippen LogP contribution in [0.2, 0.25) is 0 Å². The van der Waals surface area contributed by atoms with Crippen LogP contribution < -0.4 is 11.3 Å². The molecule has 0 aliphatic rings. The third-order valence-corrected chi connectivity index (χ3v) is 2.67. The summed E-state index contributed by atoms with van der Waals surface area (Å²) >= 11 is 0. The van der Waals surface area contributed by atoms with Crippen molar-refractivity contribution in [3.05, 3.63) is 46.5 Å². The van der Waals surface area contributed by atoms with E-state index in [0.717, 1.165) is 5.56 Å². The molecule has 2 aromatic rings. The van der Waals surface area contributed by atoms with E-state index in [4.69, 9.17) is 5.73 Å². The number of nitrogens with zero attached hydrogens (tertiary/aromatic N) is 3. The normalized spacial score (nSPS) is 10.7. The lowest BCUT2D eigenvalue weighted by Crippen LogP contribution is -2.32. The Balaban J connectivity index is 2.70. The van der Waals surface area contributed by atoms with Gasteiger partial charge in [0.05, 0.1) is 11.7 Å². The predicted octanol–water partition coefficient (Wildman–Crippen LogP) is 0.985. The Hall–Kier alpha value is -2.50. The van der Waals surface area contributed by atoms with E-state index in [1.165, 1.54) is 10.7 Å². The van der Waals surface area contributed by atoms with Crippen LogP contribution in [0.15, 0.2) is 35.4 Å². The van der Waals surface area contributed by atoms with Gasteiger partial charge in [-0.15, -0.1) is 0 Å². The van der Waals surface area contributed by atoms with Crippen LogP contribution in [-0.2, 0) is 0 Å². The number of carbonyl (C=O) groups is 1. The van der Waals surface area contributed by atoms with Gasteiger partial charge in [-0.3, -0.25) is 14.6 Å². The van der Waals surface area contributed by atoms with Crippen LogP contribution in [0.5, 0.6) is 0 Å². The number of aromatic nitrogens is 3. The fourth-order valence-electron chi connectivity index (χ4n) is 1.70. The Labute approximate surface area is 109 Å². The molecule has 2 aromatic heterocycles. The topological polar surface area (TPSA) is 90.9 Å². The SMILES string of the molecule is CC(C)n1nc(-c2ccncc2)cc(C(N)=O)c1=O. The van der Waals surface area contributed by atoms with Gasteiger partial charge in [-0.2, -0.15) is 5.10 Å². The highest BCUT2D eigenvalue weighted by Gasteiger charge is 2.15. The molecule has 0 saturated heterocycles. The second-order valence-corrected chi connectivity index (χ2v) is 4.39. The Morgan fingerprint density at radius 1 is 1.32 bits per heavy atom. The monoisotopic (exact) mass is 258 g/mol. The van der Waals surface area contributed by atoms with Crippen molar-refractivity contribution in [2.24, 2.45) is 5.73 Å². The second-order valence-electron chi connectivity index (χ2n) is 4.39. The molecule has 19 heavy (non-hydrogen) atoms. The summed E-state index contributed by atoms with van der Waals surface area (Å²) in [7, 11) is 0. The van der Waals surface area contributed by atoms with Gasteiger partial charge in [-0.05, 0) is 32.0 Å². The predicted molar refractivity (Wildman–Crippen MR) is 70.6 cm³/mol. The molecule has 0 saturated carbocycles. The van der Waals surface area contributed by atoms with Gasteiger partial charge in [0.15, 0.2) is 0 Å². The van der Waals surface area contributed by atoms with Crippen LogP contribution in [0.3, 0.4) is 0 Å². The smallest absolute Gasteiger partial charge is 0.279 e. The molecule has 0 atom stereocenters. The quantitative estimate of drug-likeness (QED) is 0.888. The Morgan fingerprint density at radius 3 is 2.47 bits per heavy atom. The van der Waals surface area contributed by atoms with E-state index in [1.807, 2.05) is 13.8 Å². The van der Waals surface area contributed by atoms with Crippen molar-refractivity contribution in [3.63, 3.8) is 0 Å². The molecule has 0 spiro atoms. The lowest BCUT2D eigenvalue weighted by atomic mass is 10.1. The molecule has 2 N–H and O–H groups in total. The number of rotatable bonds is 3. The highest BCUT2D eigenvalue weighted by molar-refractivity contribution is 5.93. The van der Waals surface area contributed by atoms with E-state index in [1.54, 1.807) is 24.5 Å². The Morgan fingerprint density at radius 2 is 1.95 bits per heavy atom. The maximum absolute atomic E-state index is 12.0. The summed E-state index contributed by atoms with van der Waals surface area (Å²) in [5.41, 5.74) is 5.99. The van der Waals surface area contributed by atoms with Crippen LogP contribution in [0.4, 0.5) is 0 Å². The minimum absolute atomic E-state index is 0.0597. The van der Waals surface area contributed by atoms with E-state index in [2.05, 4.69) is 10.1 Å². The number of nitrogens with two attached hydrogens (primary N) is 1. The van der Waals surface area contributed by atoms with Gasteiger partial charge in [-0.25, -0.2) is 4.68 Å². The number of amides is 1. The largest absolute Gasteiger partial charge is 0.365 e. The number of primary amides is 1. The fourth-order valence-corrected chi connectivity index (χ4v) is 1.70. The zero-order valence-corrected chi connectivity index (χ0v) is 10.7. The first-order valence-electron chi connectivity index (χ1n) is 5.84. The zero-order chi connectivity index (χ0) is 14.0. The molecule has 1 amide bonds. The summed E-state index contributed by atoms with van der Waals surface area (Å²) in [6.45, 7) is 3.63. The Bertz CT molecular complexity index is 662. The van der Waals surface area contributed by atoms with Crippen molar-refractivity contribution in [1.29, 1.82) is 0 Å². The van der Waals surface area contributed by atoms with E-state index < -0.39 is 11.5 Å². The highest BCUT2D eigenvalue weighted by Crippen LogP contribution is 2.16. The van der Waals surface area contributed by atoms with Gasteiger partial charge in [0, 0.05) is 18.0 Å². The molecule has 0 aliphatic carbocycles. The summed E-state index contributed by atoms with van der Waals surface area (Å²) < 4.78 is 1.26. The first-order chi connectivity index (χ1) is 9.00. The molecule has 2 rings (SSSR count). The van der Waals surface area contributed by atoms with E-state index in [9.17, 15) is 9.59 Å². The average molecular weight is 258 g/mol. The molecule has 0 fully saturated rings. The third kappa shape index (κ3) is 2.52. The van der Waals surface area contributed by atoms with Gasteiger partial charge in [0.2, 0.25) is 0 Å². The zero-order valence-electron chi connectivity index (χ0n) is 10.7. The molecule has 0 aromatic carbocycles. The number of hydrogen-bond donors (Lipinski definition) is 1. The highest BCUT2D eigenvalue weighted by atomic mass is 16.2. The van der Waals surface area contributed by atoms with Gasteiger partial charge in [0.1, 0.15) is 5.56 Å². The van der Waals surface area contributed by atoms with Gasteiger partial charge >= 0.3 is 0 Å². The van der Waals surface area contributed by atoms with Crippen molar-refractivity contribution < 1.29 is 4.79 Å². The molecular weight excluding hydrogens is 244 g/mol. The average Bonchev–Trinajstić information content (AvgIpc) is 2.39. The second kappa shape index (κ2) is 5.01. The molecule has 0 unspecified atom stereocenters. The van der Waals surface area contributed by atoms with E-state index >= 15 is 0 Å². The number of hydrogen-bond acceptors (Lipinski definition) is 4. The summed E-state index contributed by atoms with van der Waals surface area (Å²) in [6.07, 6.45) is 3.23. The maximum atomic E-state index is 12.0. The first kappa shape index (κ1) is 12.9.